The van der Waals surface area contributed by atoms with Crippen molar-refractivity contribution in [3.63, 3.8) is 0 Å². The van der Waals surface area contributed by atoms with Crippen molar-refractivity contribution in [2.45, 2.75) is 18.6 Å². The summed E-state index contributed by atoms with van der Waals surface area (Å²) in [6.07, 6.45) is -0.916. The molecule has 0 saturated carbocycles. The lowest BCUT2D eigenvalue weighted by Gasteiger charge is -2.41. The molecule has 0 aliphatic carbocycles. The maximum absolute atomic E-state index is 14.6. The third-order valence-corrected chi connectivity index (χ3v) is 6.64. The van der Waals surface area contributed by atoms with Gasteiger partial charge in [0.1, 0.15) is 15.7 Å². The van der Waals surface area contributed by atoms with E-state index in [2.05, 4.69) is 15.2 Å². The molecule has 2 aliphatic heterocycles. The number of methoxy groups -OCH3 is 1. The van der Waals surface area contributed by atoms with Crippen molar-refractivity contribution in [1.29, 1.82) is 0 Å². The van der Waals surface area contributed by atoms with E-state index < -0.39 is 16.9 Å². The lowest BCUT2D eigenvalue weighted by molar-refractivity contribution is -0.134. The molecule has 12 heteroatoms. The Kier molecular flexibility index (Phi) is 8.80. The number of pyridine rings is 1. The lowest BCUT2D eigenvalue weighted by Crippen LogP contribution is -2.52. The highest BCUT2D eigenvalue weighted by molar-refractivity contribution is 7.16. The molecule has 2 aliphatic rings. The third kappa shape index (κ3) is 5.14. The van der Waals surface area contributed by atoms with Gasteiger partial charge in [-0.1, -0.05) is 0 Å². The van der Waals surface area contributed by atoms with Gasteiger partial charge in [-0.05, 0) is 25.6 Å². The van der Waals surface area contributed by atoms with Gasteiger partial charge in [-0.15, -0.1) is 36.2 Å². The molecule has 1 atom stereocenters. The fourth-order valence-corrected chi connectivity index (χ4v) is 4.79. The van der Waals surface area contributed by atoms with E-state index in [1.165, 1.54) is 18.5 Å². The number of aromatic nitrogens is 1. The van der Waals surface area contributed by atoms with Crippen molar-refractivity contribution in [3.8, 4) is 0 Å². The summed E-state index contributed by atoms with van der Waals surface area (Å²) >= 11 is 0.620. The Morgan fingerprint density at radius 1 is 1.28 bits per heavy atom. The molecule has 32 heavy (non-hydrogen) atoms. The predicted octanol–water partition coefficient (Wildman–Crippen LogP) is 3.12. The van der Waals surface area contributed by atoms with E-state index in [9.17, 15) is 17.6 Å². The fraction of sp³-hybridized carbons (Fsp3) is 0.450. The molecule has 2 aromatic heterocycles. The van der Waals surface area contributed by atoms with Crippen LogP contribution < -0.4 is 15.9 Å². The van der Waals surface area contributed by atoms with Crippen LogP contribution >= 0.6 is 36.2 Å². The number of rotatable bonds is 4. The zero-order valence-corrected chi connectivity index (χ0v) is 19.9. The minimum absolute atomic E-state index is 0. The van der Waals surface area contributed by atoms with Crippen molar-refractivity contribution in [2.24, 2.45) is 0 Å². The number of hydrogen-bond acceptors (Lipinski definition) is 6. The number of piperazine rings is 1. The smallest absolute Gasteiger partial charge is 0.385 e. The quantitative estimate of drug-likeness (QED) is 0.635. The average molecular weight is 515 g/mol. The van der Waals surface area contributed by atoms with Crippen LogP contribution in [0.4, 0.5) is 22.6 Å². The minimum atomic E-state index is -4.45. The number of fused-ring (bicyclic) bond motifs is 2. The van der Waals surface area contributed by atoms with Crippen LogP contribution in [0.2, 0.25) is 0 Å². The highest BCUT2D eigenvalue weighted by atomic mass is 35.5. The molecule has 0 bridgehead atoms. The topological polar surface area (TPSA) is 40.6 Å². The second kappa shape index (κ2) is 10.6. The van der Waals surface area contributed by atoms with Crippen LogP contribution in [0, 0.1) is 5.82 Å². The summed E-state index contributed by atoms with van der Waals surface area (Å²) in [5, 5.41) is 3.81. The minimum Gasteiger partial charge on any atom is -0.385 e. The van der Waals surface area contributed by atoms with Crippen LogP contribution in [0.25, 0.3) is 11.9 Å². The number of halogens is 6. The molecule has 4 heterocycles. The van der Waals surface area contributed by atoms with E-state index in [4.69, 9.17) is 4.74 Å². The first kappa shape index (κ1) is 26.7. The zero-order chi connectivity index (χ0) is 21.5. The van der Waals surface area contributed by atoms with Gasteiger partial charge in [0.25, 0.3) is 0 Å². The second-order valence-electron chi connectivity index (χ2n) is 7.41. The SMILES string of the molecule is COCCC1CN(C2=c3nccc(F)c3=CNc3sc(C(F)(F)F)cc32)CCN1C.Cl.Cl. The van der Waals surface area contributed by atoms with E-state index in [1.807, 2.05) is 11.9 Å². The molecular formula is C20H24Cl2F4N4OS. The standard InChI is InChI=1S/C20H22F4N4OS.2ClH/c1-27-6-7-28(11-12(27)4-8-29-2)18-13-9-16(20(22,23)24)30-19(13)26-10-14-15(21)3-5-25-17(14)18;;/h3,5,9-10,12,26H,4,6-8,11H2,1-2H3;2*1H. The number of nitrogens with zero attached hydrogens (tertiary/aromatic N) is 3. The van der Waals surface area contributed by atoms with Crippen LogP contribution in [0.1, 0.15) is 16.9 Å². The number of nitrogens with one attached hydrogen (secondary N) is 1. The molecule has 0 spiro atoms. The van der Waals surface area contributed by atoms with Crippen LogP contribution in [-0.4, -0.2) is 61.2 Å². The van der Waals surface area contributed by atoms with Gasteiger partial charge in [0.2, 0.25) is 0 Å². The third-order valence-electron chi connectivity index (χ3n) is 5.52. The number of thiophene rings is 1. The maximum Gasteiger partial charge on any atom is 0.425 e. The van der Waals surface area contributed by atoms with E-state index in [1.54, 1.807) is 7.11 Å². The Balaban J connectivity index is 0.00000181. The molecule has 1 unspecified atom stereocenters. The summed E-state index contributed by atoms with van der Waals surface area (Å²) < 4.78 is 60.0. The van der Waals surface area contributed by atoms with Crippen molar-refractivity contribution in [2.75, 3.05) is 45.7 Å². The molecule has 1 saturated heterocycles. The summed E-state index contributed by atoms with van der Waals surface area (Å²) in [4.78, 5) is 7.91. The molecule has 0 amide bonds. The summed E-state index contributed by atoms with van der Waals surface area (Å²) in [5.41, 5.74) is 0.929. The monoisotopic (exact) mass is 514 g/mol. The number of likely N-dealkylation sites (N-methyl/N-ethyl adjacent to an activating group) is 1. The van der Waals surface area contributed by atoms with E-state index in [0.29, 0.717) is 52.6 Å². The molecule has 0 radical (unpaired) electrons. The number of ether oxygens (including phenoxy) is 1. The molecule has 0 aromatic carbocycles. The predicted molar refractivity (Wildman–Crippen MR) is 122 cm³/mol. The van der Waals surface area contributed by atoms with Gasteiger partial charge in [-0.3, -0.25) is 9.88 Å². The van der Waals surface area contributed by atoms with E-state index >= 15 is 0 Å². The first-order valence-electron chi connectivity index (χ1n) is 9.56. The van der Waals surface area contributed by atoms with Gasteiger partial charge in [0, 0.05) is 57.4 Å². The Hall–Kier alpha value is -1.59. The maximum atomic E-state index is 14.6. The molecular weight excluding hydrogens is 491 g/mol. The zero-order valence-electron chi connectivity index (χ0n) is 17.4. The van der Waals surface area contributed by atoms with Gasteiger partial charge in [-0.25, -0.2) is 4.39 Å². The Morgan fingerprint density at radius 3 is 2.72 bits per heavy atom. The van der Waals surface area contributed by atoms with Crippen molar-refractivity contribution < 1.29 is 22.3 Å². The van der Waals surface area contributed by atoms with Crippen molar-refractivity contribution >= 4 is 53.0 Å². The number of hydrogen-bond donors (Lipinski definition) is 1. The Labute approximate surface area is 199 Å². The second-order valence-corrected chi connectivity index (χ2v) is 8.46. The van der Waals surface area contributed by atoms with Crippen LogP contribution in [0.5, 0.6) is 0 Å². The van der Waals surface area contributed by atoms with E-state index in [-0.39, 0.29) is 36.1 Å². The lowest BCUT2D eigenvalue weighted by atomic mass is 10.1. The highest BCUT2D eigenvalue weighted by Crippen LogP contribution is 2.42. The summed E-state index contributed by atoms with van der Waals surface area (Å²) in [6.45, 7) is 2.50. The van der Waals surface area contributed by atoms with Crippen LogP contribution in [-0.2, 0) is 10.9 Å². The summed E-state index contributed by atoms with van der Waals surface area (Å²) in [7, 11) is 3.66. The molecule has 1 N–H and O–H groups in total. The molecule has 2 aromatic rings. The van der Waals surface area contributed by atoms with Crippen LogP contribution in [0.15, 0.2) is 18.3 Å². The average Bonchev–Trinajstić information content (AvgIpc) is 3.05. The normalized spacial score (nSPS) is 18.4. The summed E-state index contributed by atoms with van der Waals surface area (Å²) in [5.74, 6) is -0.471. The highest BCUT2D eigenvalue weighted by Gasteiger charge is 2.36. The first-order chi connectivity index (χ1) is 14.3. The van der Waals surface area contributed by atoms with Gasteiger partial charge in [-0.2, -0.15) is 13.2 Å². The van der Waals surface area contributed by atoms with Gasteiger partial charge in [0.15, 0.2) is 0 Å². The van der Waals surface area contributed by atoms with Gasteiger partial charge < -0.3 is 15.0 Å². The first-order valence-corrected chi connectivity index (χ1v) is 10.4. The molecule has 1 fully saturated rings. The van der Waals surface area contributed by atoms with Gasteiger partial charge >= 0.3 is 6.18 Å². The molecule has 178 valence electrons. The largest absolute Gasteiger partial charge is 0.425 e. The van der Waals surface area contributed by atoms with Crippen molar-refractivity contribution in [1.82, 2.24) is 14.8 Å². The summed E-state index contributed by atoms with van der Waals surface area (Å²) in [6, 6.07) is 2.55. The van der Waals surface area contributed by atoms with Crippen LogP contribution in [0.3, 0.4) is 0 Å². The Bertz CT molecular complexity index is 1060. The van der Waals surface area contributed by atoms with Crippen molar-refractivity contribution in [3.05, 3.63) is 45.2 Å². The number of alkyl halides is 3. The fourth-order valence-electron chi connectivity index (χ4n) is 3.89. The molecule has 5 nitrogen and oxygen atoms in total. The number of anilines is 1. The van der Waals surface area contributed by atoms with Gasteiger partial charge in [0.05, 0.1) is 16.3 Å². The Morgan fingerprint density at radius 2 is 2.03 bits per heavy atom. The molecule has 4 rings (SSSR count). The van der Waals surface area contributed by atoms with E-state index in [0.717, 1.165) is 19.0 Å².